The van der Waals surface area contributed by atoms with Crippen molar-refractivity contribution in [2.45, 2.75) is 6.17 Å². The van der Waals surface area contributed by atoms with E-state index >= 15 is 0 Å². The number of rotatable bonds is 6. The Hall–Kier alpha value is -4.60. The van der Waals surface area contributed by atoms with Gasteiger partial charge in [0.1, 0.15) is 18.4 Å². The van der Waals surface area contributed by atoms with Crippen molar-refractivity contribution in [1.29, 1.82) is 0 Å². The van der Waals surface area contributed by atoms with Crippen LogP contribution in [0.3, 0.4) is 0 Å². The number of amides is 3. The molecule has 0 saturated heterocycles. The third-order valence-corrected chi connectivity index (χ3v) is 6.04. The highest BCUT2D eigenvalue weighted by atomic mass is 16.5. The highest BCUT2D eigenvalue weighted by molar-refractivity contribution is 6.18. The first-order chi connectivity index (χ1) is 17.0. The van der Waals surface area contributed by atoms with Crippen LogP contribution >= 0.6 is 0 Å². The molecule has 0 spiro atoms. The van der Waals surface area contributed by atoms with Gasteiger partial charge in [0, 0.05) is 11.8 Å². The van der Waals surface area contributed by atoms with Crippen molar-refractivity contribution in [3.05, 3.63) is 71.4 Å². The van der Waals surface area contributed by atoms with Gasteiger partial charge < -0.3 is 24.4 Å². The third-order valence-electron chi connectivity index (χ3n) is 6.04. The molecule has 0 fully saturated rings. The van der Waals surface area contributed by atoms with Crippen LogP contribution < -0.4 is 24.4 Å². The van der Waals surface area contributed by atoms with Crippen molar-refractivity contribution in [2.75, 3.05) is 38.1 Å². The molecule has 2 aromatic carbocycles. The van der Waals surface area contributed by atoms with Crippen LogP contribution in [-0.4, -0.2) is 55.5 Å². The van der Waals surface area contributed by atoms with Gasteiger partial charge >= 0.3 is 0 Å². The number of carbonyl (C=O) groups is 3. The molecule has 178 valence electrons. The lowest BCUT2D eigenvalue weighted by molar-refractivity contribution is -0.117. The van der Waals surface area contributed by atoms with E-state index in [0.29, 0.717) is 33.8 Å². The van der Waals surface area contributed by atoms with Crippen LogP contribution in [-0.2, 0) is 4.79 Å². The number of nitrogens with zero attached hydrogens (tertiary/aromatic N) is 3. The Kier molecular flexibility index (Phi) is 5.48. The normalized spacial score (nSPS) is 15.8. The van der Waals surface area contributed by atoms with Crippen molar-refractivity contribution in [1.82, 2.24) is 9.88 Å². The minimum absolute atomic E-state index is 0.246. The second-order valence-electron chi connectivity index (χ2n) is 7.87. The number of hydrogen-bond acceptors (Lipinski definition) is 7. The van der Waals surface area contributed by atoms with Crippen molar-refractivity contribution in [2.24, 2.45) is 0 Å². The Morgan fingerprint density at radius 3 is 2.51 bits per heavy atom. The summed E-state index contributed by atoms with van der Waals surface area (Å²) >= 11 is 0. The lowest BCUT2D eigenvalue weighted by Gasteiger charge is -2.40. The highest BCUT2D eigenvalue weighted by Crippen LogP contribution is 2.49. The molecule has 35 heavy (non-hydrogen) atoms. The summed E-state index contributed by atoms with van der Waals surface area (Å²) in [6, 6.07) is 13.5. The summed E-state index contributed by atoms with van der Waals surface area (Å²) in [5.74, 6) is -0.266. The molecule has 0 saturated carbocycles. The van der Waals surface area contributed by atoms with Crippen LogP contribution in [0.25, 0.3) is 0 Å². The Morgan fingerprint density at radius 2 is 1.77 bits per heavy atom. The summed E-state index contributed by atoms with van der Waals surface area (Å²) < 4.78 is 16.1. The molecular weight excluding hydrogens is 452 g/mol. The first-order valence-electron chi connectivity index (χ1n) is 10.8. The molecule has 0 aliphatic carbocycles. The average molecular weight is 474 g/mol. The second kappa shape index (κ2) is 8.64. The van der Waals surface area contributed by atoms with Gasteiger partial charge in [-0.15, -0.1) is 0 Å². The molecule has 3 aromatic rings. The smallest absolute Gasteiger partial charge is 0.264 e. The summed E-state index contributed by atoms with van der Waals surface area (Å²) in [5.41, 5.74) is 2.00. The summed E-state index contributed by atoms with van der Waals surface area (Å²) in [6.45, 7) is -0.312. The minimum atomic E-state index is -0.832. The minimum Gasteiger partial charge on any atom is -0.493 e. The summed E-state index contributed by atoms with van der Waals surface area (Å²) in [6.07, 6.45) is 0.710. The largest absolute Gasteiger partial charge is 0.493 e. The molecular formula is C25H22N4O6. The molecule has 3 heterocycles. The van der Waals surface area contributed by atoms with Crippen LogP contribution in [0.15, 0.2) is 54.7 Å². The van der Waals surface area contributed by atoms with E-state index in [0.717, 1.165) is 0 Å². The Bertz CT molecular complexity index is 1360. The molecule has 2 aliphatic rings. The van der Waals surface area contributed by atoms with Gasteiger partial charge in [-0.05, 0) is 30.3 Å². The maximum absolute atomic E-state index is 13.7. The van der Waals surface area contributed by atoms with E-state index in [4.69, 9.17) is 14.2 Å². The number of fused-ring (bicyclic) bond motifs is 5. The lowest BCUT2D eigenvalue weighted by atomic mass is 10.0. The number of hydrogen-bond donors (Lipinski definition) is 1. The Balaban J connectivity index is 1.58. The first kappa shape index (κ1) is 22.2. The molecule has 0 radical (unpaired) electrons. The first-order valence-corrected chi connectivity index (χ1v) is 10.8. The fourth-order valence-electron chi connectivity index (χ4n) is 4.58. The number of aromatic nitrogens is 1. The molecule has 3 amide bonds. The van der Waals surface area contributed by atoms with E-state index < -0.39 is 12.1 Å². The third kappa shape index (κ3) is 3.41. The quantitative estimate of drug-likeness (QED) is 0.585. The standard InChI is InChI=1S/C25H22N4O6/c1-33-18-11-10-15-20(21(18)34-2)25(32)29-17-9-5-4-7-14(17)24(31)28(23(15)29)13-19(30)27-16-8-6-12-26-22(16)35-3/h4-12,23H,13H2,1-3H3,(H,27,30)/t23-/m0/s1. The number of benzene rings is 2. The lowest BCUT2D eigenvalue weighted by Crippen LogP contribution is -2.50. The van der Waals surface area contributed by atoms with Crippen molar-refractivity contribution >= 4 is 29.1 Å². The zero-order valence-corrected chi connectivity index (χ0v) is 19.3. The average Bonchev–Trinajstić information content (AvgIpc) is 3.18. The Labute approximate surface area is 201 Å². The number of ether oxygens (including phenoxy) is 3. The van der Waals surface area contributed by atoms with Gasteiger partial charge in [0.25, 0.3) is 11.8 Å². The number of carbonyl (C=O) groups excluding carboxylic acids is 3. The number of pyridine rings is 1. The van der Waals surface area contributed by atoms with Gasteiger partial charge in [0.2, 0.25) is 11.8 Å². The number of anilines is 2. The van der Waals surface area contributed by atoms with E-state index in [1.54, 1.807) is 54.7 Å². The molecule has 0 bridgehead atoms. The zero-order valence-electron chi connectivity index (χ0n) is 19.3. The van der Waals surface area contributed by atoms with Crippen molar-refractivity contribution in [3.63, 3.8) is 0 Å². The van der Waals surface area contributed by atoms with E-state index in [1.165, 1.54) is 31.1 Å². The predicted molar refractivity (Wildman–Crippen MR) is 126 cm³/mol. The molecule has 0 unspecified atom stereocenters. The molecule has 5 rings (SSSR count). The van der Waals surface area contributed by atoms with Crippen LogP contribution in [0.1, 0.15) is 32.4 Å². The zero-order chi connectivity index (χ0) is 24.7. The van der Waals surface area contributed by atoms with Gasteiger partial charge in [-0.1, -0.05) is 18.2 Å². The van der Waals surface area contributed by atoms with Gasteiger partial charge in [0.05, 0.1) is 38.1 Å². The van der Waals surface area contributed by atoms with Crippen LogP contribution in [0.4, 0.5) is 11.4 Å². The number of nitrogens with one attached hydrogen (secondary N) is 1. The molecule has 1 aromatic heterocycles. The number of para-hydroxylation sites is 1. The SMILES string of the molecule is COc1ccc2c(c1OC)C(=O)N1c3ccccc3C(=O)N(CC(=O)Nc3cccnc3OC)[C@H]21. The van der Waals surface area contributed by atoms with E-state index in [9.17, 15) is 14.4 Å². The van der Waals surface area contributed by atoms with Crippen LogP contribution in [0.2, 0.25) is 0 Å². The topological polar surface area (TPSA) is 110 Å². The molecule has 1 N–H and O–H groups in total. The second-order valence-corrected chi connectivity index (χ2v) is 7.87. The molecule has 10 nitrogen and oxygen atoms in total. The van der Waals surface area contributed by atoms with Crippen LogP contribution in [0, 0.1) is 0 Å². The van der Waals surface area contributed by atoms with Gasteiger partial charge in [-0.25, -0.2) is 4.98 Å². The van der Waals surface area contributed by atoms with Gasteiger partial charge in [-0.2, -0.15) is 0 Å². The van der Waals surface area contributed by atoms with E-state index in [2.05, 4.69) is 10.3 Å². The maximum Gasteiger partial charge on any atom is 0.264 e. The van der Waals surface area contributed by atoms with Gasteiger partial charge in [-0.3, -0.25) is 19.3 Å². The number of methoxy groups -OCH3 is 3. The fraction of sp³-hybridized carbons (Fsp3) is 0.200. The maximum atomic E-state index is 13.7. The summed E-state index contributed by atoms with van der Waals surface area (Å²) in [4.78, 5) is 47.3. The highest BCUT2D eigenvalue weighted by Gasteiger charge is 2.50. The van der Waals surface area contributed by atoms with Crippen LogP contribution in [0.5, 0.6) is 17.4 Å². The van der Waals surface area contributed by atoms with E-state index in [1.807, 2.05) is 0 Å². The molecule has 1 atom stereocenters. The predicted octanol–water partition coefficient (Wildman–Crippen LogP) is 2.86. The fourth-order valence-corrected chi connectivity index (χ4v) is 4.58. The molecule has 10 heteroatoms. The van der Waals surface area contributed by atoms with E-state index in [-0.39, 0.29) is 30.0 Å². The van der Waals surface area contributed by atoms with Gasteiger partial charge in [0.15, 0.2) is 11.5 Å². The van der Waals surface area contributed by atoms with Crippen molar-refractivity contribution < 1.29 is 28.6 Å². The summed E-state index contributed by atoms with van der Waals surface area (Å²) in [7, 11) is 4.39. The Morgan fingerprint density at radius 1 is 0.971 bits per heavy atom. The van der Waals surface area contributed by atoms with Crippen molar-refractivity contribution in [3.8, 4) is 17.4 Å². The summed E-state index contributed by atoms with van der Waals surface area (Å²) in [5, 5.41) is 2.74. The molecule has 2 aliphatic heterocycles. The monoisotopic (exact) mass is 474 g/mol.